The Kier molecular flexibility index (Phi) is 1.38. The highest BCUT2D eigenvalue weighted by molar-refractivity contribution is 5.42. The van der Waals surface area contributed by atoms with E-state index >= 15 is 0 Å². The third kappa shape index (κ3) is 1.11. The number of hydrogen-bond donors (Lipinski definition) is 1. The minimum Gasteiger partial charge on any atom is -0.381 e. The van der Waals surface area contributed by atoms with E-state index in [0.29, 0.717) is 6.04 Å². The molecule has 2 aliphatic rings. The topological polar surface area (TPSA) is 12.0 Å². The molecule has 1 aliphatic carbocycles. The first-order valence-corrected chi connectivity index (χ1v) is 4.09. The summed E-state index contributed by atoms with van der Waals surface area (Å²) in [5.41, 5.74) is 4.14. The van der Waals surface area contributed by atoms with Crippen molar-refractivity contribution in [3.63, 3.8) is 0 Å². The van der Waals surface area contributed by atoms with Gasteiger partial charge in [0, 0.05) is 5.70 Å². The van der Waals surface area contributed by atoms with Crippen LogP contribution in [0.25, 0.3) is 0 Å². The summed E-state index contributed by atoms with van der Waals surface area (Å²) in [6.07, 6.45) is 7.93. The molecule has 1 aliphatic heterocycles. The molecule has 0 saturated heterocycles. The standard InChI is InChI=1S/C10H13N/c1-7-3-4-10-9(5-7)6-8(2)11-10/h3,5-6,10-11H,4H2,1-2H3. The van der Waals surface area contributed by atoms with Crippen molar-refractivity contribution < 1.29 is 0 Å². The summed E-state index contributed by atoms with van der Waals surface area (Å²) in [7, 11) is 0. The van der Waals surface area contributed by atoms with Crippen molar-refractivity contribution in [3.8, 4) is 0 Å². The Labute approximate surface area is 67.5 Å². The van der Waals surface area contributed by atoms with Crippen molar-refractivity contribution in [2.75, 3.05) is 0 Å². The highest BCUT2D eigenvalue weighted by atomic mass is 14.9. The molecule has 58 valence electrons. The molecular weight excluding hydrogens is 134 g/mol. The van der Waals surface area contributed by atoms with Crippen LogP contribution in [-0.2, 0) is 0 Å². The van der Waals surface area contributed by atoms with Gasteiger partial charge in [0.1, 0.15) is 0 Å². The molecule has 0 saturated carbocycles. The summed E-state index contributed by atoms with van der Waals surface area (Å²) in [4.78, 5) is 0. The van der Waals surface area contributed by atoms with E-state index in [9.17, 15) is 0 Å². The van der Waals surface area contributed by atoms with Gasteiger partial charge < -0.3 is 5.32 Å². The van der Waals surface area contributed by atoms with E-state index in [2.05, 4.69) is 37.4 Å². The Morgan fingerprint density at radius 2 is 2.18 bits per heavy atom. The van der Waals surface area contributed by atoms with Crippen molar-refractivity contribution >= 4 is 0 Å². The minimum absolute atomic E-state index is 0.568. The highest BCUT2D eigenvalue weighted by Crippen LogP contribution is 2.24. The van der Waals surface area contributed by atoms with Gasteiger partial charge in [0.25, 0.3) is 0 Å². The Bertz CT molecular complexity index is 269. The number of rotatable bonds is 0. The van der Waals surface area contributed by atoms with Crippen LogP contribution >= 0.6 is 0 Å². The second-order valence-corrected chi connectivity index (χ2v) is 3.35. The predicted molar refractivity (Wildman–Crippen MR) is 47.1 cm³/mol. The predicted octanol–water partition coefficient (Wildman–Crippen LogP) is 2.14. The number of allylic oxidation sites excluding steroid dienone is 3. The fraction of sp³-hybridized carbons (Fsp3) is 0.400. The molecule has 1 atom stereocenters. The first-order chi connectivity index (χ1) is 5.25. The largest absolute Gasteiger partial charge is 0.381 e. The van der Waals surface area contributed by atoms with E-state index < -0.39 is 0 Å². The van der Waals surface area contributed by atoms with Gasteiger partial charge >= 0.3 is 0 Å². The smallest absolute Gasteiger partial charge is 0.0546 e. The van der Waals surface area contributed by atoms with E-state index in [4.69, 9.17) is 0 Å². The molecule has 0 radical (unpaired) electrons. The Balaban J connectivity index is 2.31. The first-order valence-electron chi connectivity index (χ1n) is 4.09. The van der Waals surface area contributed by atoms with Crippen LogP contribution < -0.4 is 5.32 Å². The quantitative estimate of drug-likeness (QED) is 0.553. The van der Waals surface area contributed by atoms with Gasteiger partial charge in [-0.2, -0.15) is 0 Å². The zero-order valence-corrected chi connectivity index (χ0v) is 7.02. The zero-order chi connectivity index (χ0) is 7.84. The average Bonchev–Trinajstić information content (AvgIpc) is 2.27. The molecule has 1 unspecified atom stereocenters. The van der Waals surface area contributed by atoms with Gasteiger partial charge in [0.05, 0.1) is 6.04 Å². The summed E-state index contributed by atoms with van der Waals surface area (Å²) in [6.45, 7) is 4.28. The molecule has 1 heteroatoms. The third-order valence-electron chi connectivity index (χ3n) is 2.26. The molecule has 0 fully saturated rings. The second-order valence-electron chi connectivity index (χ2n) is 3.35. The maximum Gasteiger partial charge on any atom is 0.0546 e. The fourth-order valence-corrected chi connectivity index (χ4v) is 1.71. The zero-order valence-electron chi connectivity index (χ0n) is 7.02. The normalized spacial score (nSPS) is 28.2. The van der Waals surface area contributed by atoms with Crippen molar-refractivity contribution in [3.05, 3.63) is 35.1 Å². The van der Waals surface area contributed by atoms with E-state index in [-0.39, 0.29) is 0 Å². The van der Waals surface area contributed by atoms with E-state index in [1.54, 1.807) is 0 Å². The highest BCUT2D eigenvalue weighted by Gasteiger charge is 2.19. The van der Waals surface area contributed by atoms with Gasteiger partial charge in [-0.3, -0.25) is 0 Å². The van der Waals surface area contributed by atoms with Crippen molar-refractivity contribution in [1.29, 1.82) is 0 Å². The molecule has 0 aromatic carbocycles. The van der Waals surface area contributed by atoms with Crippen LogP contribution in [0, 0.1) is 0 Å². The molecule has 2 rings (SSSR count). The van der Waals surface area contributed by atoms with Crippen LogP contribution in [0.1, 0.15) is 20.3 Å². The lowest BCUT2D eigenvalue weighted by molar-refractivity contribution is 0.681. The molecule has 0 amide bonds. The van der Waals surface area contributed by atoms with E-state index in [1.165, 1.54) is 16.8 Å². The second kappa shape index (κ2) is 2.26. The van der Waals surface area contributed by atoms with Gasteiger partial charge in [0.2, 0.25) is 0 Å². The van der Waals surface area contributed by atoms with Gasteiger partial charge in [-0.05, 0) is 31.9 Å². The van der Waals surface area contributed by atoms with Crippen LogP contribution in [0.5, 0.6) is 0 Å². The van der Waals surface area contributed by atoms with E-state index in [1.807, 2.05) is 0 Å². The lowest BCUT2D eigenvalue weighted by Gasteiger charge is -2.16. The number of hydrogen-bond acceptors (Lipinski definition) is 1. The lowest BCUT2D eigenvalue weighted by Crippen LogP contribution is -2.23. The van der Waals surface area contributed by atoms with Gasteiger partial charge in [-0.25, -0.2) is 0 Å². The fourth-order valence-electron chi connectivity index (χ4n) is 1.71. The Morgan fingerprint density at radius 1 is 1.36 bits per heavy atom. The van der Waals surface area contributed by atoms with Crippen molar-refractivity contribution in [1.82, 2.24) is 5.32 Å². The summed E-state index contributed by atoms with van der Waals surface area (Å²) in [5, 5.41) is 3.42. The summed E-state index contributed by atoms with van der Waals surface area (Å²) >= 11 is 0. The van der Waals surface area contributed by atoms with Gasteiger partial charge in [-0.1, -0.05) is 17.7 Å². The molecule has 1 heterocycles. The van der Waals surface area contributed by atoms with Gasteiger partial charge in [0.15, 0.2) is 0 Å². The molecule has 0 aromatic heterocycles. The molecule has 0 aromatic rings. The van der Waals surface area contributed by atoms with Crippen LogP contribution in [-0.4, -0.2) is 6.04 Å². The molecule has 11 heavy (non-hydrogen) atoms. The maximum atomic E-state index is 3.42. The van der Waals surface area contributed by atoms with Crippen molar-refractivity contribution in [2.24, 2.45) is 0 Å². The van der Waals surface area contributed by atoms with Crippen molar-refractivity contribution in [2.45, 2.75) is 26.3 Å². The monoisotopic (exact) mass is 147 g/mol. The van der Waals surface area contributed by atoms with Crippen LogP contribution in [0.3, 0.4) is 0 Å². The van der Waals surface area contributed by atoms with Crippen LogP contribution in [0.4, 0.5) is 0 Å². The number of fused-ring (bicyclic) bond motifs is 1. The molecule has 1 nitrogen and oxygen atoms in total. The molecule has 0 spiro atoms. The van der Waals surface area contributed by atoms with Gasteiger partial charge in [-0.15, -0.1) is 0 Å². The van der Waals surface area contributed by atoms with Crippen LogP contribution in [0.2, 0.25) is 0 Å². The summed E-state index contributed by atoms with van der Waals surface area (Å²) in [5.74, 6) is 0. The number of nitrogens with one attached hydrogen (secondary N) is 1. The Morgan fingerprint density at radius 3 is 3.00 bits per heavy atom. The molecule has 0 bridgehead atoms. The molecule has 1 N–H and O–H groups in total. The van der Waals surface area contributed by atoms with E-state index in [0.717, 1.165) is 6.42 Å². The summed E-state index contributed by atoms with van der Waals surface area (Å²) in [6, 6.07) is 0.568. The SMILES string of the molecule is CC1=CCC2NC(C)=CC2=C1. The maximum absolute atomic E-state index is 3.42. The Hall–Kier alpha value is -0.980. The average molecular weight is 147 g/mol. The third-order valence-corrected chi connectivity index (χ3v) is 2.26. The summed E-state index contributed by atoms with van der Waals surface area (Å²) < 4.78 is 0. The van der Waals surface area contributed by atoms with Crippen LogP contribution in [0.15, 0.2) is 35.1 Å². The molecular formula is C10H13N. The lowest BCUT2D eigenvalue weighted by atomic mass is 9.97. The first kappa shape index (κ1) is 6.71. The minimum atomic E-state index is 0.568.